The summed E-state index contributed by atoms with van der Waals surface area (Å²) in [5.74, 6) is 0.902. The molecule has 1 aliphatic carbocycles. The molecule has 0 unspecified atom stereocenters. The average Bonchev–Trinajstić information content (AvgIpc) is 3.51. The summed E-state index contributed by atoms with van der Waals surface area (Å²) in [6.07, 6.45) is 10.1. The van der Waals surface area contributed by atoms with Gasteiger partial charge < -0.3 is 4.74 Å². The molecule has 0 atom stereocenters. The highest BCUT2D eigenvalue weighted by Gasteiger charge is 2.27. The molecule has 4 aromatic rings. The third kappa shape index (κ3) is 4.04. The third-order valence-electron chi connectivity index (χ3n) is 6.14. The fourth-order valence-electron chi connectivity index (χ4n) is 4.49. The highest BCUT2D eigenvalue weighted by Crippen LogP contribution is 2.36. The van der Waals surface area contributed by atoms with Gasteiger partial charge in [0.15, 0.2) is 5.65 Å². The van der Waals surface area contributed by atoms with Crippen LogP contribution in [-0.4, -0.2) is 29.5 Å². The van der Waals surface area contributed by atoms with Gasteiger partial charge in [-0.25, -0.2) is 22.4 Å². The predicted octanol–water partition coefficient (Wildman–Crippen LogP) is 5.30. The molecule has 0 radical (unpaired) electrons. The summed E-state index contributed by atoms with van der Waals surface area (Å²) in [5.41, 5.74) is 2.69. The average molecular weight is 460 g/mol. The Morgan fingerprint density at radius 1 is 1.03 bits per heavy atom. The first-order chi connectivity index (χ1) is 16.1. The molecule has 5 rings (SSSR count). The second kappa shape index (κ2) is 8.83. The van der Waals surface area contributed by atoms with E-state index in [1.165, 1.54) is 16.8 Å². The summed E-state index contributed by atoms with van der Waals surface area (Å²) in [6.45, 7) is 0. The molecule has 6 nitrogen and oxygen atoms in total. The molecule has 0 spiro atoms. The van der Waals surface area contributed by atoms with Crippen LogP contribution >= 0.6 is 0 Å². The van der Waals surface area contributed by atoms with Crippen LogP contribution in [-0.2, 0) is 10.0 Å². The summed E-state index contributed by atoms with van der Waals surface area (Å²) in [5, 5.41) is 0.769. The Hall–Kier alpha value is -3.45. The van der Waals surface area contributed by atoms with Gasteiger partial charge >= 0.3 is 0 Å². The van der Waals surface area contributed by atoms with Crippen LogP contribution in [0.15, 0.2) is 84.0 Å². The molecule has 0 bridgehead atoms. The molecule has 168 valence electrons. The Bertz CT molecular complexity index is 1400. The van der Waals surface area contributed by atoms with E-state index in [1.807, 2.05) is 24.3 Å². The zero-order valence-corrected chi connectivity index (χ0v) is 19.2. The van der Waals surface area contributed by atoms with Crippen molar-refractivity contribution in [1.29, 1.82) is 0 Å². The van der Waals surface area contributed by atoms with E-state index in [0.717, 1.165) is 29.4 Å². The molecule has 33 heavy (non-hydrogen) atoms. The fraction of sp³-hybridized carbons (Fsp3) is 0.231. The van der Waals surface area contributed by atoms with E-state index in [0.29, 0.717) is 23.1 Å². The molecule has 1 aromatic carbocycles. The minimum absolute atomic E-state index is 0.225. The highest BCUT2D eigenvalue weighted by molar-refractivity contribution is 7.90. The molecule has 1 aliphatic rings. The van der Waals surface area contributed by atoms with E-state index in [1.54, 1.807) is 55.9 Å². The van der Waals surface area contributed by atoms with Crippen LogP contribution in [0.2, 0.25) is 0 Å². The first-order valence-corrected chi connectivity index (χ1v) is 12.5. The molecule has 1 saturated carbocycles. The van der Waals surface area contributed by atoms with E-state index in [4.69, 9.17) is 4.74 Å². The summed E-state index contributed by atoms with van der Waals surface area (Å²) in [7, 11) is -2.31. The summed E-state index contributed by atoms with van der Waals surface area (Å²) >= 11 is 0. The van der Waals surface area contributed by atoms with E-state index in [2.05, 4.69) is 16.0 Å². The monoisotopic (exact) mass is 459 g/mol. The van der Waals surface area contributed by atoms with Crippen LogP contribution in [0.4, 0.5) is 0 Å². The second-order valence-electron chi connectivity index (χ2n) is 8.24. The molecule has 0 aliphatic heterocycles. The van der Waals surface area contributed by atoms with Gasteiger partial charge in [-0.2, -0.15) is 0 Å². The summed E-state index contributed by atoms with van der Waals surface area (Å²) in [6, 6.07) is 17.8. The SMILES string of the molecule is COc1ccc(C(=CC2CCCC2)c2cc3cccnc3n2S(=O)(=O)c2ccccc2)cn1. The Morgan fingerprint density at radius 2 is 1.82 bits per heavy atom. The lowest BCUT2D eigenvalue weighted by molar-refractivity contribution is 0.398. The van der Waals surface area contributed by atoms with Crippen molar-refractivity contribution in [1.82, 2.24) is 13.9 Å². The Labute approximate surface area is 193 Å². The van der Waals surface area contributed by atoms with Gasteiger partial charge in [0.1, 0.15) is 0 Å². The van der Waals surface area contributed by atoms with Gasteiger partial charge in [0.2, 0.25) is 5.88 Å². The normalized spacial score (nSPS) is 15.2. The molecular formula is C26H25N3O3S. The number of hydrogen-bond donors (Lipinski definition) is 0. The van der Waals surface area contributed by atoms with Gasteiger partial charge in [0, 0.05) is 35.0 Å². The van der Waals surface area contributed by atoms with Gasteiger partial charge in [0.05, 0.1) is 17.7 Å². The molecule has 1 fully saturated rings. The van der Waals surface area contributed by atoms with Gasteiger partial charge in [-0.3, -0.25) is 0 Å². The summed E-state index contributed by atoms with van der Waals surface area (Å²) < 4.78 is 34.3. The predicted molar refractivity (Wildman–Crippen MR) is 129 cm³/mol. The van der Waals surface area contributed by atoms with Crippen LogP contribution in [0.1, 0.15) is 36.9 Å². The number of ether oxygens (including phenoxy) is 1. The number of allylic oxidation sites excluding steroid dienone is 1. The number of nitrogens with zero attached hydrogens (tertiary/aromatic N) is 3. The Morgan fingerprint density at radius 3 is 2.52 bits per heavy atom. The van der Waals surface area contributed by atoms with E-state index >= 15 is 0 Å². The number of rotatable bonds is 6. The largest absolute Gasteiger partial charge is 0.481 e. The van der Waals surface area contributed by atoms with Crippen LogP contribution in [0.3, 0.4) is 0 Å². The van der Waals surface area contributed by atoms with Crippen molar-refractivity contribution in [2.24, 2.45) is 5.92 Å². The maximum absolute atomic E-state index is 13.9. The second-order valence-corrected chi connectivity index (χ2v) is 10.0. The van der Waals surface area contributed by atoms with Crippen LogP contribution in [0, 0.1) is 5.92 Å². The minimum atomic E-state index is -3.88. The van der Waals surface area contributed by atoms with Crippen molar-refractivity contribution < 1.29 is 13.2 Å². The van der Waals surface area contributed by atoms with Crippen molar-refractivity contribution in [2.45, 2.75) is 30.6 Å². The molecule has 3 aromatic heterocycles. The first kappa shape index (κ1) is 21.4. The standard InChI is InChI=1S/C26H25N3O3S/c1-32-25-14-13-21(18-28-25)23(16-19-8-5-6-9-19)24-17-20-10-7-15-27-26(20)29(24)33(30,31)22-11-3-2-4-12-22/h2-4,7,10-19H,5-6,8-9H2,1H3. The van der Waals surface area contributed by atoms with Crippen molar-refractivity contribution in [3.8, 4) is 5.88 Å². The van der Waals surface area contributed by atoms with Crippen molar-refractivity contribution in [3.05, 3.63) is 90.4 Å². The maximum atomic E-state index is 13.9. The number of pyridine rings is 2. The van der Waals surface area contributed by atoms with Gasteiger partial charge in [-0.1, -0.05) is 37.1 Å². The third-order valence-corrected chi connectivity index (χ3v) is 7.85. The fourth-order valence-corrected chi connectivity index (χ4v) is 5.99. The highest BCUT2D eigenvalue weighted by atomic mass is 32.2. The smallest absolute Gasteiger partial charge is 0.269 e. The lowest BCUT2D eigenvalue weighted by Gasteiger charge is -2.16. The molecule has 7 heteroatoms. The molecule has 0 N–H and O–H groups in total. The van der Waals surface area contributed by atoms with Gasteiger partial charge in [-0.05, 0) is 55.2 Å². The van der Waals surface area contributed by atoms with Crippen LogP contribution < -0.4 is 4.74 Å². The number of aromatic nitrogens is 3. The van der Waals surface area contributed by atoms with Crippen molar-refractivity contribution >= 4 is 26.6 Å². The maximum Gasteiger partial charge on any atom is 0.269 e. The Kier molecular flexibility index (Phi) is 5.72. The summed E-state index contributed by atoms with van der Waals surface area (Å²) in [4.78, 5) is 9.06. The van der Waals surface area contributed by atoms with Crippen molar-refractivity contribution in [2.75, 3.05) is 7.11 Å². The lowest BCUT2D eigenvalue weighted by Crippen LogP contribution is -2.16. The zero-order chi connectivity index (χ0) is 22.8. The van der Waals surface area contributed by atoms with Crippen LogP contribution in [0.5, 0.6) is 5.88 Å². The van der Waals surface area contributed by atoms with Crippen LogP contribution in [0.25, 0.3) is 16.6 Å². The lowest BCUT2D eigenvalue weighted by atomic mass is 9.97. The molecule has 0 amide bonds. The van der Waals surface area contributed by atoms with Gasteiger partial charge in [-0.15, -0.1) is 0 Å². The molecule has 0 saturated heterocycles. The van der Waals surface area contributed by atoms with E-state index in [-0.39, 0.29) is 4.90 Å². The quantitative estimate of drug-likeness (QED) is 0.391. The number of methoxy groups -OCH3 is 1. The molecular weight excluding hydrogens is 434 g/mol. The number of fused-ring (bicyclic) bond motifs is 1. The minimum Gasteiger partial charge on any atom is -0.481 e. The number of benzene rings is 1. The van der Waals surface area contributed by atoms with E-state index in [9.17, 15) is 8.42 Å². The molecule has 3 heterocycles. The zero-order valence-electron chi connectivity index (χ0n) is 18.4. The Balaban J connectivity index is 1.78. The topological polar surface area (TPSA) is 74.1 Å². The van der Waals surface area contributed by atoms with E-state index < -0.39 is 10.0 Å². The van der Waals surface area contributed by atoms with Crippen molar-refractivity contribution in [3.63, 3.8) is 0 Å². The first-order valence-electron chi connectivity index (χ1n) is 11.1. The van der Waals surface area contributed by atoms with Gasteiger partial charge in [0.25, 0.3) is 10.0 Å². The number of hydrogen-bond acceptors (Lipinski definition) is 5.